The van der Waals surface area contributed by atoms with Gasteiger partial charge in [-0.1, -0.05) is 39.7 Å². The molecule has 31 heavy (non-hydrogen) atoms. The third-order valence-electron chi connectivity index (χ3n) is 5.63. The molecular formula is C24H18BrClFN3O. The highest BCUT2D eigenvalue weighted by Gasteiger charge is 2.34. The van der Waals surface area contributed by atoms with Crippen LogP contribution in [0.15, 0.2) is 71.2 Å². The lowest BCUT2D eigenvalue weighted by Crippen LogP contribution is -2.43. The Morgan fingerprint density at radius 3 is 2.58 bits per heavy atom. The average molecular weight is 499 g/mol. The molecule has 2 heterocycles. The van der Waals surface area contributed by atoms with Crippen LogP contribution in [0.5, 0.6) is 0 Å². The number of carbonyl (C=O) groups is 1. The van der Waals surface area contributed by atoms with Crippen LogP contribution in [-0.4, -0.2) is 22.5 Å². The number of carbonyl (C=O) groups excluding carboxylic acids is 1. The molecule has 2 amide bonds. The number of halogens is 3. The Kier molecular flexibility index (Phi) is 5.20. The molecule has 0 unspecified atom stereocenters. The van der Waals surface area contributed by atoms with Gasteiger partial charge in [0.25, 0.3) is 0 Å². The summed E-state index contributed by atoms with van der Waals surface area (Å²) >= 11 is 9.64. The molecule has 5 rings (SSSR count). The lowest BCUT2D eigenvalue weighted by atomic mass is 9.92. The molecule has 1 aromatic heterocycles. The Morgan fingerprint density at radius 2 is 1.84 bits per heavy atom. The Labute approximate surface area is 192 Å². The molecular weight excluding hydrogens is 481 g/mol. The summed E-state index contributed by atoms with van der Waals surface area (Å²) < 4.78 is 14.6. The van der Waals surface area contributed by atoms with Gasteiger partial charge < -0.3 is 15.2 Å². The van der Waals surface area contributed by atoms with E-state index >= 15 is 0 Å². The molecule has 1 atom stereocenters. The van der Waals surface area contributed by atoms with E-state index < -0.39 is 0 Å². The third-order valence-corrected chi connectivity index (χ3v) is 6.39. The molecule has 0 spiro atoms. The van der Waals surface area contributed by atoms with Gasteiger partial charge in [0.1, 0.15) is 5.82 Å². The summed E-state index contributed by atoms with van der Waals surface area (Å²) in [6.07, 6.45) is 0.696. The number of H-pyrrole nitrogens is 1. The zero-order chi connectivity index (χ0) is 21.5. The number of nitrogens with one attached hydrogen (secondary N) is 2. The Hall–Kier alpha value is -2.83. The molecule has 0 saturated heterocycles. The zero-order valence-electron chi connectivity index (χ0n) is 16.3. The smallest absolute Gasteiger partial charge is 0.322 e. The van der Waals surface area contributed by atoms with E-state index in [-0.39, 0.29) is 17.9 Å². The van der Waals surface area contributed by atoms with Crippen molar-refractivity contribution in [2.24, 2.45) is 0 Å². The molecule has 3 aromatic carbocycles. The van der Waals surface area contributed by atoms with Crippen LogP contribution in [-0.2, 0) is 6.42 Å². The van der Waals surface area contributed by atoms with E-state index in [9.17, 15) is 9.18 Å². The minimum Gasteiger partial charge on any atom is -0.356 e. The number of nitrogens with zero attached hydrogens (tertiary/aromatic N) is 1. The first-order valence-corrected chi connectivity index (χ1v) is 11.1. The number of aromatic nitrogens is 1. The van der Waals surface area contributed by atoms with Crippen LogP contribution < -0.4 is 5.32 Å². The fourth-order valence-electron chi connectivity index (χ4n) is 4.20. The van der Waals surface area contributed by atoms with Crippen molar-refractivity contribution in [3.63, 3.8) is 0 Å². The maximum Gasteiger partial charge on any atom is 0.322 e. The molecule has 0 radical (unpaired) electrons. The third kappa shape index (κ3) is 3.82. The SMILES string of the molecule is O=C(Nc1ccc(Br)cc1)N1CCc2c([nH]c3ccc(Cl)cc23)[C@H]1c1ccc(F)cc1. The van der Waals surface area contributed by atoms with Gasteiger partial charge in [0.05, 0.1) is 6.04 Å². The first-order chi connectivity index (χ1) is 15.0. The van der Waals surface area contributed by atoms with Crippen molar-refractivity contribution in [3.05, 3.63) is 98.9 Å². The quantitative estimate of drug-likeness (QED) is 0.310. The summed E-state index contributed by atoms with van der Waals surface area (Å²) in [6, 6.07) is 18.9. The molecule has 4 aromatic rings. The van der Waals surface area contributed by atoms with Crippen LogP contribution in [0.3, 0.4) is 0 Å². The number of aromatic amines is 1. The highest BCUT2D eigenvalue weighted by molar-refractivity contribution is 9.10. The van der Waals surface area contributed by atoms with Gasteiger partial charge in [-0.05, 0) is 72.1 Å². The Morgan fingerprint density at radius 1 is 1.10 bits per heavy atom. The first kappa shape index (κ1) is 20.1. The zero-order valence-corrected chi connectivity index (χ0v) is 18.7. The van der Waals surface area contributed by atoms with Gasteiger partial charge in [-0.25, -0.2) is 9.18 Å². The summed E-state index contributed by atoms with van der Waals surface area (Å²) in [6.45, 7) is 0.525. The van der Waals surface area contributed by atoms with Crippen LogP contribution in [0, 0.1) is 5.82 Å². The minimum absolute atomic E-state index is 0.209. The van der Waals surface area contributed by atoms with Gasteiger partial charge in [-0.3, -0.25) is 0 Å². The molecule has 2 N–H and O–H groups in total. The average Bonchev–Trinajstić information content (AvgIpc) is 3.13. The molecule has 7 heteroatoms. The summed E-state index contributed by atoms with van der Waals surface area (Å²) in [7, 11) is 0. The van der Waals surface area contributed by atoms with Crippen molar-refractivity contribution in [2.75, 3.05) is 11.9 Å². The van der Waals surface area contributed by atoms with E-state index in [2.05, 4.69) is 26.2 Å². The van der Waals surface area contributed by atoms with Gasteiger partial charge in [0.15, 0.2) is 0 Å². The topological polar surface area (TPSA) is 48.1 Å². The minimum atomic E-state index is -0.369. The molecule has 1 aliphatic rings. The summed E-state index contributed by atoms with van der Waals surface area (Å²) in [5.41, 5.74) is 4.59. The number of hydrogen-bond acceptors (Lipinski definition) is 1. The van der Waals surface area contributed by atoms with Crippen LogP contribution in [0.25, 0.3) is 10.9 Å². The second-order valence-corrected chi connectivity index (χ2v) is 8.89. The number of hydrogen-bond donors (Lipinski definition) is 2. The summed E-state index contributed by atoms with van der Waals surface area (Å²) in [5.74, 6) is -0.311. The molecule has 0 bridgehead atoms. The van der Waals surface area contributed by atoms with Crippen LogP contribution >= 0.6 is 27.5 Å². The lowest BCUT2D eigenvalue weighted by molar-refractivity contribution is 0.193. The molecule has 0 aliphatic carbocycles. The Bertz CT molecular complexity index is 1270. The fourth-order valence-corrected chi connectivity index (χ4v) is 4.64. The van der Waals surface area contributed by atoms with E-state index in [0.29, 0.717) is 23.7 Å². The number of fused-ring (bicyclic) bond motifs is 3. The molecule has 0 fully saturated rings. The Balaban J connectivity index is 1.58. The van der Waals surface area contributed by atoms with Crippen molar-refractivity contribution in [3.8, 4) is 0 Å². The van der Waals surface area contributed by atoms with Crippen molar-refractivity contribution < 1.29 is 9.18 Å². The van der Waals surface area contributed by atoms with E-state index in [0.717, 1.165) is 32.2 Å². The number of amides is 2. The molecule has 4 nitrogen and oxygen atoms in total. The second kappa shape index (κ2) is 8.02. The number of rotatable bonds is 2. The van der Waals surface area contributed by atoms with Gasteiger partial charge in [-0.2, -0.15) is 0 Å². The monoisotopic (exact) mass is 497 g/mol. The van der Waals surface area contributed by atoms with Crippen LogP contribution in [0.2, 0.25) is 5.02 Å². The van der Waals surface area contributed by atoms with Crippen molar-refractivity contribution in [1.82, 2.24) is 9.88 Å². The van der Waals surface area contributed by atoms with Crippen molar-refractivity contribution in [2.45, 2.75) is 12.5 Å². The van der Waals surface area contributed by atoms with Gasteiger partial charge in [0, 0.05) is 38.3 Å². The molecule has 0 saturated carbocycles. The number of benzene rings is 3. The van der Waals surface area contributed by atoms with Gasteiger partial charge >= 0.3 is 6.03 Å². The van der Waals surface area contributed by atoms with E-state index in [4.69, 9.17) is 11.6 Å². The fraction of sp³-hybridized carbons (Fsp3) is 0.125. The number of urea groups is 1. The van der Waals surface area contributed by atoms with Crippen LogP contribution in [0.4, 0.5) is 14.9 Å². The van der Waals surface area contributed by atoms with E-state index in [1.54, 1.807) is 17.0 Å². The second-order valence-electron chi connectivity index (χ2n) is 7.54. The van der Waals surface area contributed by atoms with Crippen LogP contribution in [0.1, 0.15) is 22.9 Å². The van der Waals surface area contributed by atoms with E-state index in [1.165, 1.54) is 12.1 Å². The lowest BCUT2D eigenvalue weighted by Gasteiger charge is -2.36. The largest absolute Gasteiger partial charge is 0.356 e. The highest BCUT2D eigenvalue weighted by Crippen LogP contribution is 2.39. The number of anilines is 1. The first-order valence-electron chi connectivity index (χ1n) is 9.88. The standard InChI is InChI=1S/C24H18BrClFN3O/c25-15-3-8-18(9-4-15)28-24(31)30-12-11-19-20-13-16(26)5-10-21(20)29-22(19)23(30)14-1-6-17(27)7-2-14/h1-10,13,23,29H,11-12H2,(H,28,31)/t23-/m1/s1. The predicted molar refractivity (Wildman–Crippen MR) is 125 cm³/mol. The molecule has 1 aliphatic heterocycles. The normalized spacial score (nSPS) is 15.7. The predicted octanol–water partition coefficient (Wildman–Crippen LogP) is 6.90. The van der Waals surface area contributed by atoms with Gasteiger partial charge in [-0.15, -0.1) is 0 Å². The van der Waals surface area contributed by atoms with Crippen molar-refractivity contribution >= 4 is 50.2 Å². The van der Waals surface area contributed by atoms with E-state index in [1.807, 2.05) is 42.5 Å². The summed E-state index contributed by atoms with van der Waals surface area (Å²) in [4.78, 5) is 18.5. The molecule has 156 valence electrons. The maximum atomic E-state index is 13.6. The highest BCUT2D eigenvalue weighted by atomic mass is 79.9. The van der Waals surface area contributed by atoms with Crippen molar-refractivity contribution in [1.29, 1.82) is 0 Å². The summed E-state index contributed by atoms with van der Waals surface area (Å²) in [5, 5.41) is 4.71. The van der Waals surface area contributed by atoms with Gasteiger partial charge in [0.2, 0.25) is 0 Å². The maximum absolute atomic E-state index is 13.6.